The van der Waals surface area contributed by atoms with Gasteiger partial charge < -0.3 is 15.5 Å². The topological polar surface area (TPSA) is 62.6 Å². The van der Waals surface area contributed by atoms with Gasteiger partial charge >= 0.3 is 0 Å². The second-order valence-corrected chi connectivity index (χ2v) is 8.04. The summed E-state index contributed by atoms with van der Waals surface area (Å²) in [5, 5.41) is 6.11. The maximum atomic E-state index is 12.6. The predicted octanol–water partition coefficient (Wildman–Crippen LogP) is 1.78. The smallest absolute Gasteiger partial charge is 0.279 e. The number of hydrogen-bond donors (Lipinski definition) is 3. The van der Waals surface area contributed by atoms with Crippen LogP contribution in [0.4, 0.5) is 5.69 Å². The molecule has 1 aliphatic rings. The molecule has 2 amide bonds. The molecule has 5 heteroatoms. The summed E-state index contributed by atoms with van der Waals surface area (Å²) in [7, 11) is 1.89. The first-order chi connectivity index (χ1) is 12.3. The fraction of sp³-hybridized carbons (Fsp3) is 0.619. The van der Waals surface area contributed by atoms with Gasteiger partial charge in [0.05, 0.1) is 7.05 Å². The van der Waals surface area contributed by atoms with Gasteiger partial charge in [0.1, 0.15) is 0 Å². The van der Waals surface area contributed by atoms with Crippen LogP contribution in [0.15, 0.2) is 24.3 Å². The molecule has 1 saturated carbocycles. The van der Waals surface area contributed by atoms with Crippen molar-refractivity contribution in [2.24, 2.45) is 11.8 Å². The van der Waals surface area contributed by atoms with Gasteiger partial charge in [-0.15, -0.1) is 0 Å². The summed E-state index contributed by atoms with van der Waals surface area (Å²) in [5.41, 5.74) is 1.94. The Morgan fingerprint density at radius 3 is 2.50 bits per heavy atom. The zero-order valence-corrected chi connectivity index (χ0v) is 16.8. The van der Waals surface area contributed by atoms with E-state index in [9.17, 15) is 9.59 Å². The summed E-state index contributed by atoms with van der Waals surface area (Å²) in [6.07, 6.45) is 3.47. The lowest BCUT2D eigenvalue weighted by Gasteiger charge is -2.35. The first-order valence-corrected chi connectivity index (χ1v) is 9.77. The van der Waals surface area contributed by atoms with Crippen molar-refractivity contribution in [2.75, 3.05) is 18.9 Å². The van der Waals surface area contributed by atoms with E-state index in [-0.39, 0.29) is 30.4 Å². The van der Waals surface area contributed by atoms with Gasteiger partial charge in [0, 0.05) is 11.7 Å². The van der Waals surface area contributed by atoms with Crippen molar-refractivity contribution >= 4 is 17.5 Å². The summed E-state index contributed by atoms with van der Waals surface area (Å²) in [4.78, 5) is 25.8. The third-order valence-electron chi connectivity index (χ3n) is 5.94. The molecule has 26 heavy (non-hydrogen) atoms. The Morgan fingerprint density at radius 2 is 1.85 bits per heavy atom. The summed E-state index contributed by atoms with van der Waals surface area (Å²) in [6.45, 7) is 8.65. The molecule has 144 valence electrons. The number of carbonyl (C=O) groups is 2. The molecule has 1 unspecified atom stereocenters. The van der Waals surface area contributed by atoms with E-state index in [0.717, 1.165) is 22.6 Å². The van der Waals surface area contributed by atoms with E-state index >= 15 is 0 Å². The Kier molecular flexibility index (Phi) is 7.21. The lowest BCUT2D eigenvalue weighted by Crippen LogP contribution is -3.15. The number of amides is 2. The zero-order valence-electron chi connectivity index (χ0n) is 16.8. The highest BCUT2D eigenvalue weighted by molar-refractivity contribution is 5.91. The maximum absolute atomic E-state index is 12.6. The Bertz CT molecular complexity index is 614. The number of benzene rings is 1. The fourth-order valence-corrected chi connectivity index (χ4v) is 3.57. The van der Waals surface area contributed by atoms with E-state index in [2.05, 4.69) is 24.5 Å². The molecule has 0 bridgehead atoms. The zero-order chi connectivity index (χ0) is 19.3. The number of nitrogens with one attached hydrogen (secondary N) is 3. The lowest BCUT2D eigenvalue weighted by molar-refractivity contribution is -0.885. The summed E-state index contributed by atoms with van der Waals surface area (Å²) < 4.78 is 0. The van der Waals surface area contributed by atoms with Crippen molar-refractivity contribution in [3.8, 4) is 0 Å². The van der Waals surface area contributed by atoms with E-state index in [1.807, 2.05) is 45.2 Å². The van der Waals surface area contributed by atoms with Crippen LogP contribution in [-0.2, 0) is 9.59 Å². The normalized spacial score (nSPS) is 25.2. The number of anilines is 1. The van der Waals surface area contributed by atoms with E-state index in [0.29, 0.717) is 11.8 Å². The molecule has 0 aliphatic heterocycles. The van der Waals surface area contributed by atoms with Gasteiger partial charge in [0.15, 0.2) is 12.6 Å². The first-order valence-electron chi connectivity index (χ1n) is 9.77. The quantitative estimate of drug-likeness (QED) is 0.724. The average Bonchev–Trinajstić information content (AvgIpc) is 2.60. The minimum Gasteiger partial charge on any atom is -0.348 e. The van der Waals surface area contributed by atoms with Crippen molar-refractivity contribution < 1.29 is 14.5 Å². The molecule has 3 N–H and O–H groups in total. The van der Waals surface area contributed by atoms with Gasteiger partial charge in [-0.1, -0.05) is 44.4 Å². The SMILES string of the molecule is Cc1ccc(NC(=O)C[NH+](C)[C@H](C)C(=O)N[C@@H]2CCC[C@H](C)[C@@H]2C)cc1. The van der Waals surface area contributed by atoms with Crippen molar-refractivity contribution in [1.82, 2.24) is 5.32 Å². The number of likely N-dealkylation sites (N-methyl/N-ethyl adjacent to an activating group) is 1. The lowest BCUT2D eigenvalue weighted by atomic mass is 9.78. The van der Waals surface area contributed by atoms with E-state index < -0.39 is 0 Å². The molecular formula is C21H34N3O2+. The Balaban J connectivity index is 1.83. The van der Waals surface area contributed by atoms with Crippen LogP contribution in [0.1, 0.15) is 45.6 Å². The molecule has 2 rings (SSSR count). The molecule has 1 aliphatic carbocycles. The monoisotopic (exact) mass is 360 g/mol. The van der Waals surface area contributed by atoms with Gasteiger partial charge in [0.25, 0.3) is 11.8 Å². The Morgan fingerprint density at radius 1 is 1.19 bits per heavy atom. The second kappa shape index (κ2) is 9.17. The van der Waals surface area contributed by atoms with Crippen molar-refractivity contribution in [1.29, 1.82) is 0 Å². The van der Waals surface area contributed by atoms with Gasteiger partial charge in [-0.2, -0.15) is 0 Å². The van der Waals surface area contributed by atoms with Crippen LogP contribution in [-0.4, -0.2) is 37.5 Å². The van der Waals surface area contributed by atoms with Crippen LogP contribution in [0, 0.1) is 18.8 Å². The van der Waals surface area contributed by atoms with Crippen LogP contribution in [0.2, 0.25) is 0 Å². The molecule has 5 nitrogen and oxygen atoms in total. The molecule has 0 radical (unpaired) electrons. The Hall–Kier alpha value is -1.88. The molecule has 5 atom stereocenters. The second-order valence-electron chi connectivity index (χ2n) is 8.04. The number of hydrogen-bond acceptors (Lipinski definition) is 2. The van der Waals surface area contributed by atoms with Crippen LogP contribution in [0.3, 0.4) is 0 Å². The third-order valence-corrected chi connectivity index (χ3v) is 5.94. The van der Waals surface area contributed by atoms with Gasteiger partial charge in [-0.25, -0.2) is 0 Å². The number of quaternary nitrogens is 1. The molecule has 0 spiro atoms. The number of rotatable bonds is 6. The minimum atomic E-state index is -0.261. The molecule has 1 aromatic carbocycles. The number of carbonyl (C=O) groups excluding carboxylic acids is 2. The van der Waals surface area contributed by atoms with Gasteiger partial charge in [0.2, 0.25) is 0 Å². The average molecular weight is 361 g/mol. The van der Waals surface area contributed by atoms with Crippen molar-refractivity contribution in [3.63, 3.8) is 0 Å². The van der Waals surface area contributed by atoms with E-state index in [1.54, 1.807) is 0 Å². The highest BCUT2D eigenvalue weighted by Gasteiger charge is 2.31. The summed E-state index contributed by atoms with van der Waals surface area (Å²) in [6, 6.07) is 7.71. The number of aryl methyl sites for hydroxylation is 1. The molecular weight excluding hydrogens is 326 g/mol. The Labute approximate surface area is 157 Å². The van der Waals surface area contributed by atoms with Crippen molar-refractivity contribution in [2.45, 2.75) is 59.0 Å². The summed E-state index contributed by atoms with van der Waals surface area (Å²) >= 11 is 0. The van der Waals surface area contributed by atoms with Crippen LogP contribution in [0.5, 0.6) is 0 Å². The largest absolute Gasteiger partial charge is 0.348 e. The van der Waals surface area contributed by atoms with Crippen LogP contribution >= 0.6 is 0 Å². The summed E-state index contributed by atoms with van der Waals surface area (Å²) in [5.74, 6) is 1.11. The van der Waals surface area contributed by atoms with Crippen LogP contribution in [0.25, 0.3) is 0 Å². The highest BCUT2D eigenvalue weighted by Crippen LogP contribution is 2.29. The molecule has 1 aromatic rings. The van der Waals surface area contributed by atoms with Crippen molar-refractivity contribution in [3.05, 3.63) is 29.8 Å². The minimum absolute atomic E-state index is 0.0385. The highest BCUT2D eigenvalue weighted by atomic mass is 16.2. The van der Waals surface area contributed by atoms with E-state index in [1.165, 1.54) is 12.8 Å². The fourth-order valence-electron chi connectivity index (χ4n) is 3.57. The molecule has 0 aromatic heterocycles. The molecule has 0 saturated heterocycles. The van der Waals surface area contributed by atoms with Crippen LogP contribution < -0.4 is 15.5 Å². The standard InChI is InChI=1S/C21H33N3O2/c1-14-9-11-18(12-10-14)22-20(25)13-24(5)17(4)21(26)23-19-8-6-7-15(2)16(19)3/h9-12,15-17,19H,6-8,13H2,1-5H3,(H,22,25)(H,23,26)/p+1/t15-,16-,17+,19+/m0/s1. The molecule has 1 fully saturated rings. The first kappa shape index (κ1) is 20.4. The molecule has 0 heterocycles. The van der Waals surface area contributed by atoms with Gasteiger partial charge in [-0.05, 0) is 44.2 Å². The van der Waals surface area contributed by atoms with Gasteiger partial charge in [-0.3, -0.25) is 9.59 Å². The third kappa shape index (κ3) is 5.56. The predicted molar refractivity (Wildman–Crippen MR) is 105 cm³/mol. The maximum Gasteiger partial charge on any atom is 0.279 e. The van der Waals surface area contributed by atoms with E-state index in [4.69, 9.17) is 0 Å².